The van der Waals surface area contributed by atoms with E-state index in [9.17, 15) is 0 Å². The molecule has 2 aliphatic heterocycles. The number of aliphatic imine (C=N–C) groups is 1. The van der Waals surface area contributed by atoms with Crippen LogP contribution in [0.25, 0.3) is 0 Å². The van der Waals surface area contributed by atoms with Crippen LogP contribution in [0.1, 0.15) is 50.5 Å². The van der Waals surface area contributed by atoms with Crippen molar-refractivity contribution in [1.82, 2.24) is 15.1 Å². The number of methoxy groups -OCH3 is 1. The van der Waals surface area contributed by atoms with E-state index in [1.54, 1.807) is 7.11 Å². The first-order valence-corrected chi connectivity index (χ1v) is 11.5. The monoisotopic (exact) mass is 526 g/mol. The molecule has 168 valence electrons. The van der Waals surface area contributed by atoms with Gasteiger partial charge in [0, 0.05) is 38.6 Å². The third-order valence-corrected chi connectivity index (χ3v) is 7.34. The number of hydrogen-bond acceptors (Lipinski definition) is 3. The Balaban J connectivity index is 0.00000256. The molecule has 2 heterocycles. The van der Waals surface area contributed by atoms with Gasteiger partial charge >= 0.3 is 0 Å². The summed E-state index contributed by atoms with van der Waals surface area (Å²) in [5.41, 5.74) is 1.60. The quantitative estimate of drug-likeness (QED) is 0.344. The van der Waals surface area contributed by atoms with Crippen LogP contribution in [-0.2, 0) is 5.41 Å². The molecule has 1 aliphatic carbocycles. The highest BCUT2D eigenvalue weighted by molar-refractivity contribution is 14.0. The summed E-state index contributed by atoms with van der Waals surface area (Å²) in [5.74, 6) is 2.83. The van der Waals surface area contributed by atoms with Crippen molar-refractivity contribution in [3.05, 3.63) is 29.8 Å². The fraction of sp³-hybridized carbons (Fsp3) is 0.708. The van der Waals surface area contributed by atoms with Crippen molar-refractivity contribution < 1.29 is 4.74 Å². The van der Waals surface area contributed by atoms with Gasteiger partial charge in [-0.05, 0) is 68.8 Å². The first kappa shape index (κ1) is 23.6. The molecule has 3 aliphatic rings. The van der Waals surface area contributed by atoms with Crippen molar-refractivity contribution >= 4 is 29.9 Å². The van der Waals surface area contributed by atoms with E-state index in [4.69, 9.17) is 4.74 Å². The molecule has 0 radical (unpaired) electrons. The molecule has 1 unspecified atom stereocenters. The number of ether oxygens (including phenoxy) is 1. The second kappa shape index (κ2) is 11.0. The smallest absolute Gasteiger partial charge is 0.193 e. The number of likely N-dealkylation sites (tertiary alicyclic amines) is 2. The van der Waals surface area contributed by atoms with Gasteiger partial charge in [0.25, 0.3) is 0 Å². The Morgan fingerprint density at radius 2 is 1.93 bits per heavy atom. The molecular formula is C24H39IN4O. The zero-order valence-corrected chi connectivity index (χ0v) is 21.1. The van der Waals surface area contributed by atoms with Gasteiger partial charge in [-0.3, -0.25) is 4.99 Å². The number of nitrogens with one attached hydrogen (secondary N) is 1. The lowest BCUT2D eigenvalue weighted by Crippen LogP contribution is -2.46. The summed E-state index contributed by atoms with van der Waals surface area (Å²) in [5, 5.41) is 3.77. The highest BCUT2D eigenvalue weighted by atomic mass is 127. The lowest BCUT2D eigenvalue weighted by atomic mass is 9.78. The molecule has 0 bridgehead atoms. The zero-order chi connectivity index (χ0) is 20.1. The molecule has 1 aromatic rings. The van der Waals surface area contributed by atoms with Gasteiger partial charge < -0.3 is 19.9 Å². The van der Waals surface area contributed by atoms with E-state index in [-0.39, 0.29) is 29.4 Å². The number of nitrogens with zero attached hydrogens (tertiary/aromatic N) is 3. The van der Waals surface area contributed by atoms with Gasteiger partial charge in [-0.15, -0.1) is 24.0 Å². The lowest BCUT2D eigenvalue weighted by molar-refractivity contribution is 0.280. The Bertz CT molecular complexity index is 698. The molecule has 1 N–H and O–H groups in total. The summed E-state index contributed by atoms with van der Waals surface area (Å²) in [6.45, 7) is 7.09. The molecule has 6 heteroatoms. The van der Waals surface area contributed by atoms with E-state index in [0.717, 1.165) is 37.3 Å². The maximum Gasteiger partial charge on any atom is 0.193 e. The predicted octanol–water partition coefficient (Wildman–Crippen LogP) is 4.12. The van der Waals surface area contributed by atoms with Crippen molar-refractivity contribution in [2.75, 3.05) is 53.4 Å². The van der Waals surface area contributed by atoms with Crippen LogP contribution >= 0.6 is 24.0 Å². The van der Waals surface area contributed by atoms with Crippen molar-refractivity contribution in [3.8, 4) is 5.75 Å². The third kappa shape index (κ3) is 5.42. The van der Waals surface area contributed by atoms with Crippen LogP contribution in [0.15, 0.2) is 29.3 Å². The molecule has 5 nitrogen and oxygen atoms in total. The first-order chi connectivity index (χ1) is 14.2. The van der Waals surface area contributed by atoms with Crippen molar-refractivity contribution in [1.29, 1.82) is 0 Å². The molecule has 0 aromatic heterocycles. The predicted molar refractivity (Wildman–Crippen MR) is 135 cm³/mol. The van der Waals surface area contributed by atoms with Crippen LogP contribution in [0, 0.1) is 5.92 Å². The van der Waals surface area contributed by atoms with Crippen LogP contribution in [0.4, 0.5) is 0 Å². The first-order valence-electron chi connectivity index (χ1n) is 11.5. The molecule has 2 saturated heterocycles. The maximum absolute atomic E-state index is 5.50. The summed E-state index contributed by atoms with van der Waals surface area (Å²) in [6.07, 6.45) is 9.14. The molecule has 0 spiro atoms. The van der Waals surface area contributed by atoms with Crippen LogP contribution in [0.3, 0.4) is 0 Å². The second-order valence-electron chi connectivity index (χ2n) is 9.23. The normalized spacial score (nSPS) is 24.1. The van der Waals surface area contributed by atoms with Crippen LogP contribution in [-0.4, -0.2) is 69.2 Å². The fourth-order valence-corrected chi connectivity index (χ4v) is 5.66. The molecule has 1 aromatic carbocycles. The van der Waals surface area contributed by atoms with Gasteiger partial charge in [-0.1, -0.05) is 25.0 Å². The Hall–Kier alpha value is -1.02. The minimum absolute atomic E-state index is 0. The standard InChI is InChI=1S/C24H38N4O.HI/c1-25-23(28-15-10-20(18-28)17-27-13-5-6-14-27)26-19-24(11-3-4-12-24)21-8-7-9-22(16-21)29-2;/h7-9,16,20H,3-6,10-15,17-19H2,1-2H3,(H,25,26);1H. The molecular weight excluding hydrogens is 487 g/mol. The summed E-state index contributed by atoms with van der Waals surface area (Å²) in [4.78, 5) is 9.78. The van der Waals surface area contributed by atoms with Gasteiger partial charge in [0.15, 0.2) is 5.96 Å². The molecule has 1 saturated carbocycles. The largest absolute Gasteiger partial charge is 0.497 e. The van der Waals surface area contributed by atoms with Crippen molar-refractivity contribution in [2.45, 2.75) is 50.4 Å². The summed E-state index contributed by atoms with van der Waals surface area (Å²) < 4.78 is 5.50. The van der Waals surface area contributed by atoms with Gasteiger partial charge in [0.2, 0.25) is 0 Å². The third-order valence-electron chi connectivity index (χ3n) is 7.34. The van der Waals surface area contributed by atoms with E-state index < -0.39 is 0 Å². The van der Waals surface area contributed by atoms with E-state index >= 15 is 0 Å². The minimum atomic E-state index is 0. The highest BCUT2D eigenvalue weighted by Gasteiger charge is 2.37. The van der Waals surface area contributed by atoms with Crippen molar-refractivity contribution in [2.24, 2.45) is 10.9 Å². The SMILES string of the molecule is CN=C(NCC1(c2cccc(OC)c2)CCCC1)N1CCC(CN2CCCC2)C1.I. The average molecular weight is 527 g/mol. The summed E-state index contributed by atoms with van der Waals surface area (Å²) in [6, 6.07) is 8.69. The molecule has 1 atom stereocenters. The molecule has 4 rings (SSSR count). The second-order valence-corrected chi connectivity index (χ2v) is 9.23. The van der Waals surface area contributed by atoms with Gasteiger partial charge in [0.05, 0.1) is 7.11 Å². The Kier molecular flexibility index (Phi) is 8.69. The fourth-order valence-electron chi connectivity index (χ4n) is 5.66. The van der Waals surface area contributed by atoms with Crippen LogP contribution < -0.4 is 10.1 Å². The Morgan fingerprint density at radius 1 is 1.17 bits per heavy atom. The molecule has 3 fully saturated rings. The van der Waals surface area contributed by atoms with E-state index in [0.29, 0.717) is 0 Å². The number of guanidine groups is 1. The Labute approximate surface area is 199 Å². The number of benzene rings is 1. The van der Waals surface area contributed by atoms with Gasteiger partial charge in [-0.25, -0.2) is 0 Å². The molecule has 30 heavy (non-hydrogen) atoms. The lowest BCUT2D eigenvalue weighted by Gasteiger charge is -2.32. The summed E-state index contributed by atoms with van der Waals surface area (Å²) >= 11 is 0. The van der Waals surface area contributed by atoms with Gasteiger partial charge in [-0.2, -0.15) is 0 Å². The van der Waals surface area contributed by atoms with E-state index in [1.807, 2.05) is 13.1 Å². The summed E-state index contributed by atoms with van der Waals surface area (Å²) in [7, 11) is 3.69. The minimum Gasteiger partial charge on any atom is -0.497 e. The number of hydrogen-bond donors (Lipinski definition) is 1. The van der Waals surface area contributed by atoms with E-state index in [2.05, 4.69) is 38.3 Å². The Morgan fingerprint density at radius 3 is 2.63 bits per heavy atom. The zero-order valence-electron chi connectivity index (χ0n) is 18.7. The number of halogens is 1. The van der Waals surface area contributed by atoms with Gasteiger partial charge in [0.1, 0.15) is 5.75 Å². The average Bonchev–Trinajstić information content (AvgIpc) is 3.52. The molecule has 0 amide bonds. The van der Waals surface area contributed by atoms with Crippen LogP contribution in [0.5, 0.6) is 5.75 Å². The van der Waals surface area contributed by atoms with Crippen molar-refractivity contribution in [3.63, 3.8) is 0 Å². The highest BCUT2D eigenvalue weighted by Crippen LogP contribution is 2.41. The van der Waals surface area contributed by atoms with E-state index in [1.165, 1.54) is 70.1 Å². The number of rotatable bonds is 6. The maximum atomic E-state index is 5.50. The van der Waals surface area contributed by atoms with Crippen LogP contribution in [0.2, 0.25) is 0 Å². The topological polar surface area (TPSA) is 40.1 Å².